The van der Waals surface area contributed by atoms with Crippen molar-refractivity contribution in [3.8, 4) is 11.1 Å². The highest BCUT2D eigenvalue weighted by Gasteiger charge is 2.35. The Morgan fingerprint density at radius 2 is 1.92 bits per heavy atom. The smallest absolute Gasteiger partial charge is 0.419 e. The lowest BCUT2D eigenvalue weighted by Crippen LogP contribution is -2.31. The second-order valence-electron chi connectivity index (χ2n) is 7.88. The summed E-state index contributed by atoms with van der Waals surface area (Å²) in [6.45, 7) is -0.0463. The standard InChI is InChI=1S/C23H15F4N3O5S4/c24-14-2-1-10(6-13(14)23(25,26)27)11-5-12(37-8-11)7-16-19(33)30(22(36)39-16)4-3-17(31)29-21-28-15(9-38-21)18(32)20(34)35/h1-2,5-9,18,32H,3-4H2,(H,34,35)(H,28,29,31)/b16-7-. The van der Waals surface area contributed by atoms with E-state index >= 15 is 0 Å². The molecule has 3 heterocycles. The van der Waals surface area contributed by atoms with Crippen LogP contribution in [0.25, 0.3) is 17.2 Å². The number of benzene rings is 1. The SMILES string of the molecule is O=C(CCN1C(=O)/C(=C/c2cc(-c3ccc(F)c(C(F)(F)F)c3)cs2)SC1=S)Nc1nc(C(O)C(=O)O)cs1. The fraction of sp³-hybridized carbons (Fsp3) is 0.174. The van der Waals surface area contributed by atoms with E-state index in [1.165, 1.54) is 33.8 Å². The molecule has 1 unspecified atom stereocenters. The number of hydrogen-bond acceptors (Lipinski definition) is 9. The van der Waals surface area contributed by atoms with Gasteiger partial charge in [0.15, 0.2) is 11.2 Å². The predicted molar refractivity (Wildman–Crippen MR) is 143 cm³/mol. The summed E-state index contributed by atoms with van der Waals surface area (Å²) in [4.78, 5) is 41.9. The van der Waals surface area contributed by atoms with E-state index in [1.54, 1.807) is 11.4 Å². The first-order valence-electron chi connectivity index (χ1n) is 10.7. The van der Waals surface area contributed by atoms with Gasteiger partial charge in [-0.05, 0) is 40.8 Å². The second-order valence-corrected chi connectivity index (χ2v) is 11.4. The molecule has 0 radical (unpaired) electrons. The van der Waals surface area contributed by atoms with Crippen molar-refractivity contribution in [1.29, 1.82) is 0 Å². The summed E-state index contributed by atoms with van der Waals surface area (Å²) in [6.07, 6.45) is -5.27. The lowest BCUT2D eigenvalue weighted by Gasteiger charge is -2.13. The maximum Gasteiger partial charge on any atom is 0.419 e. The van der Waals surface area contributed by atoms with E-state index in [9.17, 15) is 37.1 Å². The van der Waals surface area contributed by atoms with Crippen molar-refractivity contribution in [2.75, 3.05) is 11.9 Å². The van der Waals surface area contributed by atoms with Gasteiger partial charge in [-0.3, -0.25) is 14.5 Å². The van der Waals surface area contributed by atoms with Crippen molar-refractivity contribution in [3.05, 3.63) is 61.9 Å². The normalized spacial score (nSPS) is 15.7. The molecule has 4 rings (SSSR count). The van der Waals surface area contributed by atoms with Crippen molar-refractivity contribution < 1.29 is 42.2 Å². The topological polar surface area (TPSA) is 120 Å². The molecule has 16 heteroatoms. The van der Waals surface area contributed by atoms with Crippen LogP contribution in [0.2, 0.25) is 0 Å². The van der Waals surface area contributed by atoms with Crippen LogP contribution in [0.3, 0.4) is 0 Å². The molecule has 1 saturated heterocycles. The van der Waals surface area contributed by atoms with Crippen LogP contribution >= 0.6 is 46.7 Å². The number of aromatic nitrogens is 1. The number of aliphatic carboxylic acids is 1. The van der Waals surface area contributed by atoms with Crippen LogP contribution in [0.1, 0.15) is 28.7 Å². The zero-order chi connectivity index (χ0) is 28.5. The number of thiocarbonyl (C=S) groups is 1. The van der Waals surface area contributed by atoms with Gasteiger partial charge in [0, 0.05) is 23.2 Å². The number of carbonyl (C=O) groups excluding carboxylic acids is 2. The van der Waals surface area contributed by atoms with Gasteiger partial charge in [0.05, 0.1) is 16.2 Å². The van der Waals surface area contributed by atoms with E-state index in [0.717, 1.165) is 35.2 Å². The fourth-order valence-electron chi connectivity index (χ4n) is 3.31. The number of alkyl halides is 3. The van der Waals surface area contributed by atoms with Crippen molar-refractivity contribution in [2.45, 2.75) is 18.7 Å². The average Bonchev–Trinajstić information content (AvgIpc) is 3.57. The molecule has 204 valence electrons. The van der Waals surface area contributed by atoms with E-state index in [-0.39, 0.29) is 38.6 Å². The zero-order valence-electron chi connectivity index (χ0n) is 19.2. The Morgan fingerprint density at radius 3 is 2.62 bits per heavy atom. The molecule has 0 spiro atoms. The van der Waals surface area contributed by atoms with E-state index < -0.39 is 41.4 Å². The molecule has 2 amide bonds. The van der Waals surface area contributed by atoms with Crippen LogP contribution in [0.5, 0.6) is 0 Å². The third kappa shape index (κ3) is 6.70. The Morgan fingerprint density at radius 1 is 1.18 bits per heavy atom. The summed E-state index contributed by atoms with van der Waals surface area (Å²) in [5.41, 5.74) is -0.902. The zero-order valence-corrected chi connectivity index (χ0v) is 22.5. The third-order valence-electron chi connectivity index (χ3n) is 5.22. The monoisotopic (exact) mass is 617 g/mol. The van der Waals surface area contributed by atoms with Gasteiger partial charge in [0.1, 0.15) is 10.1 Å². The largest absolute Gasteiger partial charge is 0.479 e. The average molecular weight is 618 g/mol. The predicted octanol–water partition coefficient (Wildman–Crippen LogP) is 5.38. The number of hydrogen-bond donors (Lipinski definition) is 3. The molecular formula is C23H15F4N3O5S4. The van der Waals surface area contributed by atoms with Crippen molar-refractivity contribution in [1.82, 2.24) is 9.88 Å². The highest BCUT2D eigenvalue weighted by molar-refractivity contribution is 8.26. The van der Waals surface area contributed by atoms with Crippen LogP contribution in [-0.2, 0) is 20.6 Å². The highest BCUT2D eigenvalue weighted by atomic mass is 32.2. The molecule has 3 aromatic rings. The van der Waals surface area contributed by atoms with E-state index in [1.807, 2.05) is 0 Å². The Kier molecular flexibility index (Phi) is 8.51. The van der Waals surface area contributed by atoms with Gasteiger partial charge in [0.25, 0.3) is 5.91 Å². The molecule has 1 aliphatic heterocycles. The Balaban J connectivity index is 1.39. The molecule has 1 fully saturated rings. The number of anilines is 1. The number of carboxylic acid groups (broad SMARTS) is 1. The highest BCUT2D eigenvalue weighted by Crippen LogP contribution is 2.37. The van der Waals surface area contributed by atoms with Crippen LogP contribution < -0.4 is 5.32 Å². The molecule has 1 aromatic carbocycles. The number of amides is 2. The Bertz CT molecular complexity index is 1500. The number of nitrogens with one attached hydrogen (secondary N) is 1. The fourth-order valence-corrected chi connectivity index (χ4v) is 6.28. The van der Waals surface area contributed by atoms with Gasteiger partial charge >= 0.3 is 12.1 Å². The number of carbonyl (C=O) groups is 3. The minimum atomic E-state index is -4.84. The number of rotatable bonds is 8. The lowest BCUT2D eigenvalue weighted by molar-refractivity contribution is -0.147. The van der Waals surface area contributed by atoms with Gasteiger partial charge in [-0.2, -0.15) is 13.2 Å². The van der Waals surface area contributed by atoms with Crippen molar-refractivity contribution >= 4 is 80.0 Å². The molecule has 1 atom stereocenters. The van der Waals surface area contributed by atoms with Crippen LogP contribution in [0.4, 0.5) is 22.7 Å². The first kappa shape index (κ1) is 28.8. The molecule has 0 bridgehead atoms. The van der Waals surface area contributed by atoms with Crippen molar-refractivity contribution in [3.63, 3.8) is 0 Å². The lowest BCUT2D eigenvalue weighted by atomic mass is 10.0. The summed E-state index contributed by atoms with van der Waals surface area (Å²) in [5, 5.41) is 23.7. The van der Waals surface area contributed by atoms with Gasteiger partial charge in [0.2, 0.25) is 5.91 Å². The molecule has 0 saturated carbocycles. The summed E-state index contributed by atoms with van der Waals surface area (Å²) in [6, 6.07) is 4.29. The second kappa shape index (κ2) is 11.5. The first-order chi connectivity index (χ1) is 18.3. The molecule has 8 nitrogen and oxygen atoms in total. The number of thiazole rings is 1. The number of thioether (sulfide) groups is 1. The summed E-state index contributed by atoms with van der Waals surface area (Å²) >= 11 is 8.37. The minimum Gasteiger partial charge on any atom is -0.479 e. The molecular weight excluding hydrogens is 603 g/mol. The number of nitrogens with zero attached hydrogens (tertiary/aromatic N) is 2. The molecule has 0 aliphatic carbocycles. The van der Waals surface area contributed by atoms with Crippen LogP contribution in [-0.4, -0.2) is 48.7 Å². The molecule has 2 aromatic heterocycles. The number of carboxylic acids is 1. The number of aliphatic hydroxyl groups excluding tert-OH is 1. The van der Waals surface area contributed by atoms with E-state index in [4.69, 9.17) is 17.3 Å². The number of thiophene rings is 1. The first-order valence-corrected chi connectivity index (χ1v) is 13.7. The van der Waals surface area contributed by atoms with Gasteiger partial charge in [-0.15, -0.1) is 22.7 Å². The Hall–Kier alpha value is -3.18. The number of aliphatic hydroxyl groups is 1. The maximum absolute atomic E-state index is 13.6. The quantitative estimate of drug-likeness (QED) is 0.175. The maximum atomic E-state index is 13.6. The van der Waals surface area contributed by atoms with Gasteiger partial charge < -0.3 is 15.5 Å². The van der Waals surface area contributed by atoms with Crippen LogP contribution in [0.15, 0.2) is 39.9 Å². The third-order valence-corrected chi connectivity index (χ3v) is 8.25. The van der Waals surface area contributed by atoms with Gasteiger partial charge in [-0.25, -0.2) is 14.2 Å². The molecule has 39 heavy (non-hydrogen) atoms. The summed E-state index contributed by atoms with van der Waals surface area (Å²) < 4.78 is 53.0. The van der Waals surface area contributed by atoms with Crippen molar-refractivity contribution in [2.24, 2.45) is 0 Å². The summed E-state index contributed by atoms with van der Waals surface area (Å²) in [7, 11) is 0. The van der Waals surface area contributed by atoms with Gasteiger partial charge in [-0.1, -0.05) is 30.0 Å². The molecule has 1 aliphatic rings. The van der Waals surface area contributed by atoms with E-state index in [0.29, 0.717) is 10.4 Å². The van der Waals surface area contributed by atoms with Crippen LogP contribution in [0, 0.1) is 5.82 Å². The minimum absolute atomic E-state index is 0.0463. The number of halogens is 4. The summed E-state index contributed by atoms with van der Waals surface area (Å²) in [5.74, 6) is -3.81. The van der Waals surface area contributed by atoms with E-state index in [2.05, 4.69) is 10.3 Å². The molecule has 3 N–H and O–H groups in total. The Labute approximate surface area is 235 Å².